The van der Waals surface area contributed by atoms with Crippen LogP contribution in [0.2, 0.25) is 0 Å². The third kappa shape index (κ3) is 4.46. The van der Waals surface area contributed by atoms with E-state index in [0.717, 1.165) is 37.8 Å². The average molecular weight is 268 g/mol. The van der Waals surface area contributed by atoms with Crippen molar-refractivity contribution in [1.29, 1.82) is 0 Å². The first-order chi connectivity index (χ1) is 9.19. The molecular formula is C15H28N2O2. The number of carbonyl (C=O) groups is 1. The van der Waals surface area contributed by atoms with Crippen LogP contribution in [-0.2, 0) is 9.53 Å². The molecule has 0 radical (unpaired) electrons. The zero-order valence-corrected chi connectivity index (χ0v) is 12.3. The molecule has 0 aromatic carbocycles. The highest BCUT2D eigenvalue weighted by Gasteiger charge is 2.29. The molecule has 0 bridgehead atoms. The van der Waals surface area contributed by atoms with Crippen molar-refractivity contribution >= 4 is 5.91 Å². The van der Waals surface area contributed by atoms with E-state index < -0.39 is 0 Å². The maximum atomic E-state index is 12.0. The van der Waals surface area contributed by atoms with E-state index in [-0.39, 0.29) is 18.1 Å². The lowest BCUT2D eigenvalue weighted by molar-refractivity contribution is -0.123. The molecule has 0 aromatic rings. The summed E-state index contributed by atoms with van der Waals surface area (Å²) in [5.41, 5.74) is 0. The number of hydrogen-bond donors (Lipinski definition) is 2. The van der Waals surface area contributed by atoms with Crippen LogP contribution >= 0.6 is 0 Å². The summed E-state index contributed by atoms with van der Waals surface area (Å²) in [6, 6.07) is -0.0590. The highest BCUT2D eigenvalue weighted by Crippen LogP contribution is 2.29. The molecule has 110 valence electrons. The van der Waals surface area contributed by atoms with Gasteiger partial charge in [0.15, 0.2) is 0 Å². The van der Waals surface area contributed by atoms with Crippen LogP contribution in [0.1, 0.15) is 45.4 Å². The van der Waals surface area contributed by atoms with E-state index in [0.29, 0.717) is 0 Å². The van der Waals surface area contributed by atoms with Gasteiger partial charge in [0.25, 0.3) is 0 Å². The quantitative estimate of drug-likeness (QED) is 0.798. The normalized spacial score (nSPS) is 35.3. The van der Waals surface area contributed by atoms with E-state index in [2.05, 4.69) is 17.6 Å². The van der Waals surface area contributed by atoms with Gasteiger partial charge in [0, 0.05) is 20.2 Å². The molecule has 4 heteroatoms. The molecule has 4 nitrogen and oxygen atoms in total. The fourth-order valence-corrected chi connectivity index (χ4v) is 3.22. The second-order valence-electron chi connectivity index (χ2n) is 6.26. The molecule has 19 heavy (non-hydrogen) atoms. The Hall–Kier alpha value is -0.610. The predicted octanol–water partition coefficient (Wildman–Crippen LogP) is 1.70. The second-order valence-corrected chi connectivity index (χ2v) is 6.26. The van der Waals surface area contributed by atoms with Gasteiger partial charge >= 0.3 is 0 Å². The van der Waals surface area contributed by atoms with Crippen molar-refractivity contribution < 1.29 is 9.53 Å². The van der Waals surface area contributed by atoms with Gasteiger partial charge in [-0.3, -0.25) is 4.79 Å². The number of hydrogen-bond acceptors (Lipinski definition) is 3. The van der Waals surface area contributed by atoms with Crippen LogP contribution in [-0.4, -0.2) is 38.3 Å². The molecule has 2 fully saturated rings. The molecule has 1 amide bonds. The van der Waals surface area contributed by atoms with Gasteiger partial charge in [-0.1, -0.05) is 32.6 Å². The third-order valence-corrected chi connectivity index (χ3v) is 4.73. The van der Waals surface area contributed by atoms with E-state index in [9.17, 15) is 4.79 Å². The molecule has 1 aliphatic heterocycles. The summed E-state index contributed by atoms with van der Waals surface area (Å²) >= 11 is 0. The van der Waals surface area contributed by atoms with Gasteiger partial charge in [0.1, 0.15) is 0 Å². The Morgan fingerprint density at radius 3 is 2.68 bits per heavy atom. The Morgan fingerprint density at radius 1 is 1.32 bits per heavy atom. The SMILES string of the molecule is COC1CNC(C(=O)NCCC2CCC(C)CC2)C1. The maximum absolute atomic E-state index is 12.0. The minimum absolute atomic E-state index is 0.0590. The molecular weight excluding hydrogens is 240 g/mol. The molecule has 0 aromatic heterocycles. The van der Waals surface area contributed by atoms with Gasteiger partial charge in [-0.15, -0.1) is 0 Å². The van der Waals surface area contributed by atoms with Crippen molar-refractivity contribution in [3.05, 3.63) is 0 Å². The third-order valence-electron chi connectivity index (χ3n) is 4.73. The van der Waals surface area contributed by atoms with Crippen LogP contribution in [0.4, 0.5) is 0 Å². The fraction of sp³-hybridized carbons (Fsp3) is 0.933. The van der Waals surface area contributed by atoms with Crippen molar-refractivity contribution in [3.63, 3.8) is 0 Å². The molecule has 2 rings (SSSR count). The van der Waals surface area contributed by atoms with Crippen molar-refractivity contribution in [3.8, 4) is 0 Å². The lowest BCUT2D eigenvalue weighted by Gasteiger charge is -2.26. The molecule has 2 atom stereocenters. The monoisotopic (exact) mass is 268 g/mol. The average Bonchev–Trinajstić information content (AvgIpc) is 2.90. The van der Waals surface area contributed by atoms with Crippen LogP contribution in [0.3, 0.4) is 0 Å². The number of rotatable bonds is 5. The molecule has 2 N–H and O–H groups in total. The van der Waals surface area contributed by atoms with E-state index >= 15 is 0 Å². The summed E-state index contributed by atoms with van der Waals surface area (Å²) in [6.45, 7) is 3.96. The second kappa shape index (κ2) is 7.25. The molecule has 2 aliphatic rings. The van der Waals surface area contributed by atoms with Crippen LogP contribution in [0.15, 0.2) is 0 Å². The lowest BCUT2D eigenvalue weighted by Crippen LogP contribution is -2.41. The Labute approximate surface area is 116 Å². The van der Waals surface area contributed by atoms with E-state index in [1.165, 1.54) is 25.7 Å². The van der Waals surface area contributed by atoms with E-state index in [4.69, 9.17) is 4.74 Å². The van der Waals surface area contributed by atoms with Crippen LogP contribution < -0.4 is 10.6 Å². The maximum Gasteiger partial charge on any atom is 0.237 e. The Kier molecular flexibility index (Phi) is 5.64. The number of methoxy groups -OCH3 is 1. The first kappa shape index (κ1) is 14.8. The summed E-state index contributed by atoms with van der Waals surface area (Å²) in [4.78, 5) is 12.0. The Balaban J connectivity index is 1.59. The van der Waals surface area contributed by atoms with Crippen molar-refractivity contribution in [2.45, 2.75) is 57.6 Å². The zero-order chi connectivity index (χ0) is 13.7. The van der Waals surface area contributed by atoms with Crippen molar-refractivity contribution in [1.82, 2.24) is 10.6 Å². The molecule has 2 unspecified atom stereocenters. The first-order valence-electron chi connectivity index (χ1n) is 7.73. The van der Waals surface area contributed by atoms with Gasteiger partial charge in [-0.2, -0.15) is 0 Å². The molecule has 0 spiro atoms. The van der Waals surface area contributed by atoms with E-state index in [1.54, 1.807) is 7.11 Å². The predicted molar refractivity (Wildman–Crippen MR) is 76.0 cm³/mol. The van der Waals surface area contributed by atoms with Gasteiger partial charge < -0.3 is 15.4 Å². The van der Waals surface area contributed by atoms with E-state index in [1.807, 2.05) is 0 Å². The summed E-state index contributed by atoms with van der Waals surface area (Å²) in [7, 11) is 1.71. The first-order valence-corrected chi connectivity index (χ1v) is 7.73. The fourth-order valence-electron chi connectivity index (χ4n) is 3.22. The number of ether oxygens (including phenoxy) is 1. The minimum Gasteiger partial charge on any atom is -0.380 e. The molecule has 1 aliphatic carbocycles. The summed E-state index contributed by atoms with van der Waals surface area (Å²) < 4.78 is 5.26. The lowest BCUT2D eigenvalue weighted by atomic mass is 9.81. The number of carbonyl (C=O) groups excluding carboxylic acids is 1. The topological polar surface area (TPSA) is 50.4 Å². The van der Waals surface area contributed by atoms with Crippen molar-refractivity contribution in [2.75, 3.05) is 20.2 Å². The molecule has 1 saturated carbocycles. The van der Waals surface area contributed by atoms with Crippen LogP contribution in [0.25, 0.3) is 0 Å². The smallest absolute Gasteiger partial charge is 0.237 e. The summed E-state index contributed by atoms with van der Waals surface area (Å²) in [5, 5.41) is 6.29. The number of amides is 1. The minimum atomic E-state index is -0.0590. The highest BCUT2D eigenvalue weighted by molar-refractivity contribution is 5.82. The largest absolute Gasteiger partial charge is 0.380 e. The summed E-state index contributed by atoms with van der Waals surface area (Å²) in [6.07, 6.45) is 7.52. The van der Waals surface area contributed by atoms with Gasteiger partial charge in [0.2, 0.25) is 5.91 Å². The van der Waals surface area contributed by atoms with Crippen LogP contribution in [0, 0.1) is 11.8 Å². The standard InChI is InChI=1S/C15H28N2O2/c1-11-3-5-12(6-4-11)7-8-16-15(18)14-9-13(19-2)10-17-14/h11-14,17H,3-10H2,1-2H3,(H,16,18). The Bertz CT molecular complexity index is 288. The number of nitrogens with one attached hydrogen (secondary N) is 2. The van der Waals surface area contributed by atoms with Gasteiger partial charge in [0.05, 0.1) is 12.1 Å². The Morgan fingerprint density at radius 2 is 2.05 bits per heavy atom. The van der Waals surface area contributed by atoms with Gasteiger partial charge in [-0.25, -0.2) is 0 Å². The summed E-state index contributed by atoms with van der Waals surface area (Å²) in [5.74, 6) is 1.86. The zero-order valence-electron chi connectivity index (χ0n) is 12.3. The highest BCUT2D eigenvalue weighted by atomic mass is 16.5. The molecule has 1 saturated heterocycles. The van der Waals surface area contributed by atoms with Crippen molar-refractivity contribution in [2.24, 2.45) is 11.8 Å². The van der Waals surface area contributed by atoms with Crippen LogP contribution in [0.5, 0.6) is 0 Å². The van der Waals surface area contributed by atoms with Gasteiger partial charge in [-0.05, 0) is 24.7 Å². The molecule has 1 heterocycles.